The zero-order valence-electron chi connectivity index (χ0n) is 19.1. The Morgan fingerprint density at radius 3 is 2.79 bits per heavy atom. The molecule has 1 aliphatic heterocycles. The van der Waals surface area contributed by atoms with Gasteiger partial charge in [0.05, 0.1) is 10.7 Å². The number of hydrogen-bond acceptors (Lipinski definition) is 6. The molecule has 4 aromatic rings. The lowest BCUT2D eigenvalue weighted by Crippen LogP contribution is -2.33. The van der Waals surface area contributed by atoms with Gasteiger partial charge in [-0.3, -0.25) is 14.3 Å². The Hall–Kier alpha value is -3.29. The van der Waals surface area contributed by atoms with E-state index in [1.54, 1.807) is 12.5 Å². The molecule has 3 aromatic heterocycles. The molecule has 0 spiro atoms. The summed E-state index contributed by atoms with van der Waals surface area (Å²) in [6.45, 7) is 5.34. The van der Waals surface area contributed by atoms with E-state index >= 15 is 0 Å². The van der Waals surface area contributed by atoms with E-state index in [1.165, 1.54) is 11.1 Å². The molecule has 0 aliphatic carbocycles. The highest BCUT2D eigenvalue weighted by Gasteiger charge is 2.23. The van der Waals surface area contributed by atoms with Crippen molar-refractivity contribution in [3.05, 3.63) is 94.7 Å². The molecule has 5 rings (SSSR count). The quantitative estimate of drug-likeness (QED) is 0.280. The Balaban J connectivity index is 1.32. The zero-order chi connectivity index (χ0) is 23.3. The van der Waals surface area contributed by atoms with E-state index in [0.717, 1.165) is 55.1 Å². The van der Waals surface area contributed by atoms with Crippen LogP contribution < -0.4 is 0 Å². The standard InChI is InChI=1S/C26H27ClN6O/c1-2-34-31-26(24-8-7-22(27)16-28-24)23-6-4-3-5-21(23)17-32-12-9-19(10-13-32)20-11-14-33-18-29-30-25(33)15-20/h3-8,11,14-16,18-19H,2,9-10,12-13,17H2,1H3. The molecule has 34 heavy (non-hydrogen) atoms. The van der Waals surface area contributed by atoms with Crippen LogP contribution in [-0.2, 0) is 11.4 Å². The van der Waals surface area contributed by atoms with E-state index in [0.29, 0.717) is 17.5 Å². The second-order valence-electron chi connectivity index (χ2n) is 8.48. The molecule has 0 radical (unpaired) electrons. The molecular formula is C26H27ClN6O. The number of aromatic nitrogens is 4. The predicted octanol–water partition coefficient (Wildman–Crippen LogP) is 4.95. The van der Waals surface area contributed by atoms with Crippen molar-refractivity contribution in [3.63, 3.8) is 0 Å². The van der Waals surface area contributed by atoms with Crippen molar-refractivity contribution in [1.29, 1.82) is 0 Å². The molecule has 0 unspecified atom stereocenters. The maximum Gasteiger partial charge on any atom is 0.160 e. The van der Waals surface area contributed by atoms with Gasteiger partial charge in [0, 0.05) is 24.5 Å². The molecule has 1 aliphatic rings. The number of likely N-dealkylation sites (tertiary alicyclic amines) is 1. The van der Waals surface area contributed by atoms with Crippen LogP contribution in [0.15, 0.2) is 72.4 Å². The Morgan fingerprint density at radius 2 is 2.00 bits per heavy atom. The molecule has 1 saturated heterocycles. The van der Waals surface area contributed by atoms with Crippen molar-refractivity contribution >= 4 is 23.0 Å². The first kappa shape index (κ1) is 22.5. The summed E-state index contributed by atoms with van der Waals surface area (Å²) >= 11 is 6.06. The van der Waals surface area contributed by atoms with Crippen molar-refractivity contribution in [2.24, 2.45) is 5.16 Å². The number of pyridine rings is 2. The van der Waals surface area contributed by atoms with Gasteiger partial charge in [-0.05, 0) is 74.2 Å². The van der Waals surface area contributed by atoms with Crippen molar-refractivity contribution < 1.29 is 4.84 Å². The molecule has 0 N–H and O–H groups in total. The first-order valence-electron chi connectivity index (χ1n) is 11.6. The van der Waals surface area contributed by atoms with E-state index in [-0.39, 0.29) is 0 Å². The molecule has 0 saturated carbocycles. The van der Waals surface area contributed by atoms with E-state index in [2.05, 4.69) is 61.8 Å². The van der Waals surface area contributed by atoms with Crippen LogP contribution in [0, 0.1) is 0 Å². The molecule has 8 heteroatoms. The number of rotatable bonds is 7. The van der Waals surface area contributed by atoms with Gasteiger partial charge in [-0.15, -0.1) is 10.2 Å². The normalized spacial score (nSPS) is 15.6. The summed E-state index contributed by atoms with van der Waals surface area (Å²) in [5, 5.41) is 13.2. The topological polar surface area (TPSA) is 67.9 Å². The second kappa shape index (κ2) is 10.3. The molecular weight excluding hydrogens is 448 g/mol. The zero-order valence-corrected chi connectivity index (χ0v) is 19.9. The summed E-state index contributed by atoms with van der Waals surface area (Å²) in [6, 6.07) is 16.4. The van der Waals surface area contributed by atoms with Crippen LogP contribution in [0.1, 0.15) is 48.1 Å². The van der Waals surface area contributed by atoms with Crippen molar-refractivity contribution in [2.45, 2.75) is 32.2 Å². The fraction of sp³-hybridized carbons (Fsp3) is 0.308. The maximum atomic E-state index is 6.06. The van der Waals surface area contributed by atoms with Gasteiger partial charge in [-0.25, -0.2) is 0 Å². The van der Waals surface area contributed by atoms with E-state index in [9.17, 15) is 0 Å². The first-order chi connectivity index (χ1) is 16.7. The Labute approximate surface area is 204 Å². The summed E-state index contributed by atoms with van der Waals surface area (Å²) in [4.78, 5) is 12.5. The largest absolute Gasteiger partial charge is 0.396 e. The summed E-state index contributed by atoms with van der Waals surface area (Å²) < 4.78 is 1.95. The Bertz CT molecular complexity index is 1280. The lowest BCUT2D eigenvalue weighted by molar-refractivity contribution is 0.159. The van der Waals surface area contributed by atoms with Gasteiger partial charge in [0.2, 0.25) is 0 Å². The van der Waals surface area contributed by atoms with Crippen molar-refractivity contribution in [1.82, 2.24) is 24.5 Å². The monoisotopic (exact) mass is 474 g/mol. The minimum atomic E-state index is 0.493. The highest BCUT2D eigenvalue weighted by atomic mass is 35.5. The molecule has 174 valence electrons. The van der Waals surface area contributed by atoms with Crippen LogP contribution in [0.5, 0.6) is 0 Å². The smallest absolute Gasteiger partial charge is 0.160 e. The number of benzene rings is 1. The summed E-state index contributed by atoms with van der Waals surface area (Å²) in [7, 11) is 0. The second-order valence-corrected chi connectivity index (χ2v) is 8.92. The fourth-order valence-electron chi connectivity index (χ4n) is 4.52. The third kappa shape index (κ3) is 4.95. The molecule has 7 nitrogen and oxygen atoms in total. The van der Waals surface area contributed by atoms with Gasteiger partial charge >= 0.3 is 0 Å². The number of nitrogens with zero attached hydrogens (tertiary/aromatic N) is 6. The summed E-state index contributed by atoms with van der Waals surface area (Å²) in [5.74, 6) is 0.543. The number of halogens is 1. The minimum Gasteiger partial charge on any atom is -0.396 e. The SMILES string of the molecule is CCON=C(c1ccc(Cl)cn1)c1ccccc1CN1CCC(c2ccn3cnnc3c2)CC1. The average molecular weight is 475 g/mol. The number of fused-ring (bicyclic) bond motifs is 1. The molecule has 0 atom stereocenters. The van der Waals surface area contributed by atoms with Crippen LogP contribution in [0.2, 0.25) is 5.02 Å². The number of oxime groups is 1. The first-order valence-corrected chi connectivity index (χ1v) is 12.0. The molecule has 4 heterocycles. The molecule has 1 fully saturated rings. The van der Waals surface area contributed by atoms with E-state index in [4.69, 9.17) is 16.4 Å². The van der Waals surface area contributed by atoms with Gasteiger partial charge in [-0.2, -0.15) is 0 Å². The lowest BCUT2D eigenvalue weighted by atomic mass is 9.89. The molecule has 1 aromatic carbocycles. The van der Waals surface area contributed by atoms with Crippen LogP contribution in [0.3, 0.4) is 0 Å². The van der Waals surface area contributed by atoms with Gasteiger partial charge < -0.3 is 4.84 Å². The highest BCUT2D eigenvalue weighted by Crippen LogP contribution is 2.29. The predicted molar refractivity (Wildman–Crippen MR) is 133 cm³/mol. The van der Waals surface area contributed by atoms with Gasteiger partial charge in [0.15, 0.2) is 5.65 Å². The minimum absolute atomic E-state index is 0.493. The average Bonchev–Trinajstić information content (AvgIpc) is 3.35. The number of piperidine rings is 1. The Morgan fingerprint density at radius 1 is 1.15 bits per heavy atom. The van der Waals surface area contributed by atoms with Gasteiger partial charge in [0.25, 0.3) is 0 Å². The highest BCUT2D eigenvalue weighted by molar-refractivity contribution is 6.30. The van der Waals surface area contributed by atoms with Crippen LogP contribution >= 0.6 is 11.6 Å². The van der Waals surface area contributed by atoms with Crippen molar-refractivity contribution in [3.8, 4) is 0 Å². The van der Waals surface area contributed by atoms with Crippen LogP contribution in [0.4, 0.5) is 0 Å². The summed E-state index contributed by atoms with van der Waals surface area (Å²) in [5.41, 5.74) is 5.97. The third-order valence-electron chi connectivity index (χ3n) is 6.30. The van der Waals surface area contributed by atoms with Gasteiger partial charge in [-0.1, -0.05) is 41.0 Å². The van der Waals surface area contributed by atoms with Crippen molar-refractivity contribution in [2.75, 3.05) is 19.7 Å². The third-order valence-corrected chi connectivity index (χ3v) is 6.53. The van der Waals surface area contributed by atoms with Gasteiger partial charge in [0.1, 0.15) is 18.6 Å². The van der Waals surface area contributed by atoms with Crippen LogP contribution in [0.25, 0.3) is 5.65 Å². The summed E-state index contributed by atoms with van der Waals surface area (Å²) in [6.07, 6.45) is 7.66. The van der Waals surface area contributed by atoms with Crippen LogP contribution in [-0.4, -0.2) is 49.9 Å². The lowest BCUT2D eigenvalue weighted by Gasteiger charge is -2.32. The number of hydrogen-bond donors (Lipinski definition) is 0. The molecule has 0 bridgehead atoms. The van der Waals surface area contributed by atoms with E-state index in [1.807, 2.05) is 29.5 Å². The fourth-order valence-corrected chi connectivity index (χ4v) is 4.63. The maximum absolute atomic E-state index is 6.06. The van der Waals surface area contributed by atoms with E-state index < -0.39 is 0 Å². The Kier molecular flexibility index (Phi) is 6.83. The molecule has 0 amide bonds.